The van der Waals surface area contributed by atoms with Crippen LogP contribution in [0, 0.1) is 13.8 Å². The Bertz CT molecular complexity index is 1790. The zero-order chi connectivity index (χ0) is 30.7. The lowest BCUT2D eigenvalue weighted by atomic mass is 10.0. The number of amides is 1. The summed E-state index contributed by atoms with van der Waals surface area (Å²) in [5.41, 5.74) is 7.97. The van der Waals surface area contributed by atoms with E-state index in [0.717, 1.165) is 33.6 Å². The zero-order valence-electron chi connectivity index (χ0n) is 25.1. The fourth-order valence-electron chi connectivity index (χ4n) is 4.97. The highest BCUT2D eigenvalue weighted by Crippen LogP contribution is 2.42. The Kier molecular flexibility index (Phi) is 8.29. The Morgan fingerprint density at radius 3 is 2.16 bits per heavy atom. The van der Waals surface area contributed by atoms with E-state index in [1.165, 1.54) is 14.0 Å². The number of para-hydroxylation sites is 1. The molecule has 0 aliphatic heterocycles. The van der Waals surface area contributed by atoms with Gasteiger partial charge in [0.15, 0.2) is 0 Å². The van der Waals surface area contributed by atoms with Crippen LogP contribution in [-0.4, -0.2) is 42.9 Å². The van der Waals surface area contributed by atoms with E-state index in [9.17, 15) is 9.59 Å². The minimum absolute atomic E-state index is 0.282. The van der Waals surface area contributed by atoms with E-state index < -0.39 is 5.97 Å². The van der Waals surface area contributed by atoms with Crippen LogP contribution >= 0.6 is 0 Å². The third-order valence-corrected chi connectivity index (χ3v) is 7.10. The van der Waals surface area contributed by atoms with Crippen LogP contribution in [0.5, 0.6) is 11.6 Å². The summed E-state index contributed by atoms with van der Waals surface area (Å²) in [6.07, 6.45) is 0. The van der Waals surface area contributed by atoms with Gasteiger partial charge in [-0.15, -0.1) is 0 Å². The minimum Gasteiger partial charge on any atom is -0.496 e. The number of ether oxygens (including phenoxy) is 2. The molecule has 0 fully saturated rings. The number of nitrogens with zero attached hydrogens (tertiary/aromatic N) is 3. The molecule has 0 atom stereocenters. The standard InChI is InChI=1S/C35H34N4O4/c1-22-11-20-30(23(2)21-22)39-35(43-24(3)40)32(33(37-39)26-14-18-28(19-15-26)38(4)5)25-12-16-27(17-13-25)36-34(41)29-9-7-8-10-31(29)42-6/h7-21H,1-6H3,(H,36,41). The van der Waals surface area contributed by atoms with Crippen LogP contribution in [0.1, 0.15) is 28.4 Å². The molecule has 218 valence electrons. The number of hydrogen-bond acceptors (Lipinski definition) is 6. The van der Waals surface area contributed by atoms with Crippen LogP contribution in [-0.2, 0) is 4.79 Å². The number of hydrogen-bond donors (Lipinski definition) is 1. The second-order valence-electron chi connectivity index (χ2n) is 10.5. The van der Waals surface area contributed by atoms with Crippen LogP contribution in [0.25, 0.3) is 28.1 Å². The van der Waals surface area contributed by atoms with E-state index in [-0.39, 0.29) is 5.91 Å². The van der Waals surface area contributed by atoms with Crippen molar-refractivity contribution in [1.82, 2.24) is 9.78 Å². The maximum atomic E-state index is 13.0. The number of anilines is 2. The lowest BCUT2D eigenvalue weighted by molar-refractivity contribution is -0.132. The summed E-state index contributed by atoms with van der Waals surface area (Å²) in [6.45, 7) is 5.42. The number of carbonyl (C=O) groups excluding carboxylic acids is 2. The molecule has 1 N–H and O–H groups in total. The molecule has 1 amide bonds. The van der Waals surface area contributed by atoms with E-state index in [0.29, 0.717) is 34.1 Å². The van der Waals surface area contributed by atoms with Gasteiger partial charge in [0.05, 0.1) is 23.9 Å². The fraction of sp³-hybridized carbons (Fsp3) is 0.171. The first kappa shape index (κ1) is 29.1. The van der Waals surface area contributed by atoms with E-state index >= 15 is 0 Å². The summed E-state index contributed by atoms with van der Waals surface area (Å²) in [4.78, 5) is 27.4. The molecule has 1 aromatic heterocycles. The molecule has 0 aliphatic carbocycles. The monoisotopic (exact) mass is 574 g/mol. The van der Waals surface area contributed by atoms with Gasteiger partial charge in [-0.3, -0.25) is 9.59 Å². The summed E-state index contributed by atoms with van der Waals surface area (Å²) >= 11 is 0. The van der Waals surface area contributed by atoms with Gasteiger partial charge >= 0.3 is 5.97 Å². The van der Waals surface area contributed by atoms with Crippen molar-refractivity contribution in [2.45, 2.75) is 20.8 Å². The van der Waals surface area contributed by atoms with Gasteiger partial charge in [-0.25, -0.2) is 0 Å². The Morgan fingerprint density at radius 2 is 1.53 bits per heavy atom. The minimum atomic E-state index is -0.456. The predicted molar refractivity (Wildman–Crippen MR) is 170 cm³/mol. The van der Waals surface area contributed by atoms with Crippen molar-refractivity contribution < 1.29 is 19.1 Å². The maximum Gasteiger partial charge on any atom is 0.309 e. The number of aromatic nitrogens is 2. The van der Waals surface area contributed by atoms with Crippen LogP contribution in [0.4, 0.5) is 11.4 Å². The topological polar surface area (TPSA) is 85.7 Å². The van der Waals surface area contributed by atoms with Gasteiger partial charge in [0.2, 0.25) is 5.88 Å². The molecule has 0 aliphatic rings. The molecular weight excluding hydrogens is 540 g/mol. The fourth-order valence-corrected chi connectivity index (χ4v) is 4.97. The van der Waals surface area contributed by atoms with Gasteiger partial charge in [-0.1, -0.05) is 54.1 Å². The first-order valence-corrected chi connectivity index (χ1v) is 13.9. The van der Waals surface area contributed by atoms with Crippen molar-refractivity contribution >= 4 is 23.3 Å². The SMILES string of the molecule is COc1ccccc1C(=O)Nc1ccc(-c2c(-c3ccc(N(C)C)cc3)nn(-c3ccc(C)cc3C)c2OC(C)=O)cc1. The highest BCUT2D eigenvalue weighted by Gasteiger charge is 2.25. The molecule has 0 bridgehead atoms. The Hall–Kier alpha value is -5.37. The van der Waals surface area contributed by atoms with Crippen LogP contribution in [0.15, 0.2) is 91.0 Å². The van der Waals surface area contributed by atoms with Gasteiger partial charge in [-0.05, 0) is 67.4 Å². The van der Waals surface area contributed by atoms with E-state index in [1.807, 2.05) is 99.6 Å². The van der Waals surface area contributed by atoms with Gasteiger partial charge < -0.3 is 19.7 Å². The molecule has 8 nitrogen and oxygen atoms in total. The molecule has 5 aromatic rings. The highest BCUT2D eigenvalue weighted by molar-refractivity contribution is 6.06. The van der Waals surface area contributed by atoms with Gasteiger partial charge in [-0.2, -0.15) is 9.78 Å². The van der Waals surface area contributed by atoms with Crippen molar-refractivity contribution in [1.29, 1.82) is 0 Å². The summed E-state index contributed by atoms with van der Waals surface area (Å²) in [7, 11) is 5.51. The molecule has 1 heterocycles. The summed E-state index contributed by atoms with van der Waals surface area (Å²) in [6, 6.07) is 28.6. The second-order valence-corrected chi connectivity index (χ2v) is 10.5. The molecule has 0 radical (unpaired) electrons. The Balaban J connectivity index is 1.63. The predicted octanol–water partition coefficient (Wildman–Crippen LogP) is 7.08. The third-order valence-electron chi connectivity index (χ3n) is 7.10. The number of benzene rings is 4. The van der Waals surface area contributed by atoms with Crippen molar-refractivity contribution in [3.8, 4) is 39.7 Å². The number of methoxy groups -OCH3 is 1. The Labute approximate surface area is 251 Å². The highest BCUT2D eigenvalue weighted by atomic mass is 16.5. The lowest BCUT2D eigenvalue weighted by Gasteiger charge is -2.13. The van der Waals surface area contributed by atoms with Crippen molar-refractivity contribution in [3.05, 3.63) is 108 Å². The second kappa shape index (κ2) is 12.2. The molecule has 0 saturated carbocycles. The molecule has 4 aromatic carbocycles. The smallest absolute Gasteiger partial charge is 0.309 e. The quantitative estimate of drug-likeness (QED) is 0.200. The third kappa shape index (κ3) is 6.13. The van der Waals surface area contributed by atoms with Gasteiger partial charge in [0.1, 0.15) is 11.4 Å². The first-order valence-electron chi connectivity index (χ1n) is 13.9. The average molecular weight is 575 g/mol. The molecule has 0 unspecified atom stereocenters. The van der Waals surface area contributed by atoms with Crippen molar-refractivity contribution in [2.75, 3.05) is 31.4 Å². The van der Waals surface area contributed by atoms with Gasteiger partial charge in [0, 0.05) is 38.0 Å². The first-order chi connectivity index (χ1) is 20.7. The molecular formula is C35H34N4O4. The van der Waals surface area contributed by atoms with Crippen LogP contribution < -0.4 is 19.7 Å². The number of carbonyl (C=O) groups is 2. The van der Waals surface area contributed by atoms with E-state index in [2.05, 4.69) is 11.4 Å². The zero-order valence-corrected chi connectivity index (χ0v) is 25.1. The van der Waals surface area contributed by atoms with Crippen LogP contribution in [0.3, 0.4) is 0 Å². The molecule has 0 saturated heterocycles. The summed E-state index contributed by atoms with van der Waals surface area (Å²) in [5.74, 6) is 0.0702. The Morgan fingerprint density at radius 1 is 0.860 bits per heavy atom. The average Bonchev–Trinajstić information content (AvgIpc) is 3.35. The van der Waals surface area contributed by atoms with E-state index in [4.69, 9.17) is 14.6 Å². The number of rotatable bonds is 8. The molecule has 43 heavy (non-hydrogen) atoms. The molecule has 5 rings (SSSR count). The normalized spacial score (nSPS) is 10.7. The number of nitrogens with one attached hydrogen (secondary N) is 1. The van der Waals surface area contributed by atoms with E-state index in [1.54, 1.807) is 22.9 Å². The molecule has 8 heteroatoms. The van der Waals surface area contributed by atoms with Crippen molar-refractivity contribution in [3.63, 3.8) is 0 Å². The lowest BCUT2D eigenvalue weighted by Crippen LogP contribution is -2.13. The van der Waals surface area contributed by atoms with Crippen LogP contribution in [0.2, 0.25) is 0 Å². The molecule has 0 spiro atoms. The largest absolute Gasteiger partial charge is 0.496 e. The van der Waals surface area contributed by atoms with Gasteiger partial charge in [0.25, 0.3) is 5.91 Å². The summed E-state index contributed by atoms with van der Waals surface area (Å²) < 4.78 is 12.9. The summed E-state index contributed by atoms with van der Waals surface area (Å²) in [5, 5.41) is 7.95. The maximum absolute atomic E-state index is 13.0. The van der Waals surface area contributed by atoms with Crippen molar-refractivity contribution in [2.24, 2.45) is 0 Å². The number of aryl methyl sites for hydroxylation is 2. The number of esters is 1.